The molecule has 1 atom stereocenters. The Morgan fingerprint density at radius 1 is 1.32 bits per heavy atom. The number of ether oxygens (including phenoxy) is 1. The van der Waals surface area contributed by atoms with Crippen molar-refractivity contribution < 1.29 is 22.5 Å². The van der Waals surface area contributed by atoms with Crippen molar-refractivity contribution >= 4 is 27.3 Å². The Morgan fingerprint density at radius 3 is 2.84 bits per heavy atom. The Kier molecular flexibility index (Phi) is 6.22. The van der Waals surface area contributed by atoms with Crippen LogP contribution in [0.2, 0.25) is 0 Å². The van der Waals surface area contributed by atoms with Gasteiger partial charge in [0.1, 0.15) is 0 Å². The number of esters is 1. The zero-order chi connectivity index (χ0) is 22.0. The molecule has 0 saturated carbocycles. The molecule has 1 aliphatic rings. The van der Waals surface area contributed by atoms with E-state index in [0.717, 1.165) is 5.56 Å². The van der Waals surface area contributed by atoms with Gasteiger partial charge in [-0.3, -0.25) is 4.79 Å². The van der Waals surface area contributed by atoms with Gasteiger partial charge in [-0.05, 0) is 32.8 Å². The monoisotopic (exact) mass is 461 g/mol. The molecular formula is C21H23N3O5S2. The van der Waals surface area contributed by atoms with Crippen molar-refractivity contribution in [1.82, 2.24) is 14.4 Å². The fourth-order valence-electron chi connectivity index (χ4n) is 3.61. The lowest BCUT2D eigenvalue weighted by atomic mass is 10.0. The first kappa shape index (κ1) is 21.7. The van der Waals surface area contributed by atoms with Gasteiger partial charge in [0.05, 0.1) is 22.3 Å². The zero-order valence-corrected chi connectivity index (χ0v) is 18.9. The van der Waals surface area contributed by atoms with Crippen molar-refractivity contribution in [3.05, 3.63) is 41.3 Å². The molecule has 0 radical (unpaired) electrons. The molecule has 31 heavy (non-hydrogen) atoms. The number of hydrogen-bond donors (Lipinski definition) is 0. The number of rotatable bonds is 6. The topological polar surface area (TPSA) is 103 Å². The predicted octanol–water partition coefficient (Wildman–Crippen LogP) is 3.74. The van der Waals surface area contributed by atoms with E-state index in [1.165, 1.54) is 15.6 Å². The van der Waals surface area contributed by atoms with E-state index < -0.39 is 15.9 Å². The maximum absolute atomic E-state index is 13.3. The van der Waals surface area contributed by atoms with E-state index in [1.807, 2.05) is 30.3 Å². The van der Waals surface area contributed by atoms with Crippen molar-refractivity contribution in [2.75, 3.05) is 19.7 Å². The molecular weight excluding hydrogens is 438 g/mol. The molecule has 1 aromatic carbocycles. The summed E-state index contributed by atoms with van der Waals surface area (Å²) in [6.45, 7) is 4.28. The minimum Gasteiger partial charge on any atom is -0.466 e. The number of aromatic nitrogens is 2. The van der Waals surface area contributed by atoms with Gasteiger partial charge in [0.15, 0.2) is 0 Å². The number of carbonyl (C=O) groups is 1. The lowest BCUT2D eigenvalue weighted by molar-refractivity contribution is -0.149. The number of benzene rings is 1. The molecule has 0 unspecified atom stereocenters. The minimum atomic E-state index is -3.76. The second kappa shape index (κ2) is 8.89. The van der Waals surface area contributed by atoms with E-state index in [0.29, 0.717) is 35.0 Å². The third-order valence-corrected chi connectivity index (χ3v) is 8.32. The highest BCUT2D eigenvalue weighted by atomic mass is 32.2. The van der Waals surface area contributed by atoms with Gasteiger partial charge in [-0.2, -0.15) is 9.29 Å². The smallest absolute Gasteiger partial charge is 0.310 e. The van der Waals surface area contributed by atoms with E-state index in [4.69, 9.17) is 9.26 Å². The summed E-state index contributed by atoms with van der Waals surface area (Å²) in [4.78, 5) is 18.0. The summed E-state index contributed by atoms with van der Waals surface area (Å²) in [6.07, 6.45) is 1.24. The van der Waals surface area contributed by atoms with Crippen LogP contribution in [0.5, 0.6) is 0 Å². The largest absolute Gasteiger partial charge is 0.466 e. The molecule has 0 N–H and O–H groups in total. The van der Waals surface area contributed by atoms with Gasteiger partial charge in [0.2, 0.25) is 15.8 Å². The van der Waals surface area contributed by atoms with Crippen LogP contribution in [0.1, 0.15) is 24.6 Å². The average Bonchev–Trinajstić information content (AvgIpc) is 3.42. The molecule has 3 heterocycles. The number of aryl methyl sites for hydroxylation is 1. The fraction of sp³-hybridized carbons (Fsp3) is 0.381. The highest BCUT2D eigenvalue weighted by molar-refractivity contribution is 7.89. The van der Waals surface area contributed by atoms with Crippen molar-refractivity contribution in [3.8, 4) is 22.2 Å². The van der Waals surface area contributed by atoms with Gasteiger partial charge in [-0.25, -0.2) is 8.42 Å². The van der Waals surface area contributed by atoms with Gasteiger partial charge < -0.3 is 9.26 Å². The summed E-state index contributed by atoms with van der Waals surface area (Å²) in [6, 6.07) is 11.0. The van der Waals surface area contributed by atoms with Crippen LogP contribution in [0.3, 0.4) is 0 Å². The molecule has 0 spiro atoms. The van der Waals surface area contributed by atoms with Gasteiger partial charge >= 0.3 is 5.97 Å². The van der Waals surface area contributed by atoms with Crippen molar-refractivity contribution in [3.63, 3.8) is 0 Å². The number of nitrogens with zero attached hydrogens (tertiary/aromatic N) is 3. The first-order chi connectivity index (χ1) is 14.9. The summed E-state index contributed by atoms with van der Waals surface area (Å²) in [5, 5.41) is 4.01. The second-order valence-electron chi connectivity index (χ2n) is 7.27. The highest BCUT2D eigenvalue weighted by Gasteiger charge is 2.35. The molecule has 1 saturated heterocycles. The Bertz CT molecular complexity index is 1170. The molecule has 0 aliphatic carbocycles. The predicted molar refractivity (Wildman–Crippen MR) is 116 cm³/mol. The van der Waals surface area contributed by atoms with Crippen molar-refractivity contribution in [2.24, 2.45) is 5.92 Å². The molecule has 3 aromatic rings. The van der Waals surface area contributed by atoms with Crippen molar-refractivity contribution in [1.29, 1.82) is 0 Å². The molecule has 0 bridgehead atoms. The normalized spacial score (nSPS) is 17.5. The summed E-state index contributed by atoms with van der Waals surface area (Å²) in [5.74, 6) is -0.0634. The van der Waals surface area contributed by atoms with Crippen molar-refractivity contribution in [2.45, 2.75) is 31.6 Å². The summed E-state index contributed by atoms with van der Waals surface area (Å²) < 4.78 is 38.5. The lowest BCUT2D eigenvalue weighted by Gasteiger charge is -2.30. The Labute approximate surface area is 184 Å². The van der Waals surface area contributed by atoms with Crippen LogP contribution in [0, 0.1) is 12.8 Å². The molecule has 1 fully saturated rings. The number of piperidine rings is 1. The fourth-order valence-corrected chi connectivity index (χ4v) is 6.61. The Morgan fingerprint density at radius 2 is 2.10 bits per heavy atom. The maximum atomic E-state index is 13.3. The molecule has 10 heteroatoms. The van der Waals surface area contributed by atoms with Gasteiger partial charge in [0, 0.05) is 23.5 Å². The molecule has 164 valence electrons. The summed E-state index contributed by atoms with van der Waals surface area (Å²) in [5.41, 5.74) is 0.817. The van der Waals surface area contributed by atoms with Crippen LogP contribution in [0.15, 0.2) is 45.8 Å². The van der Waals surface area contributed by atoms with E-state index in [-0.39, 0.29) is 29.9 Å². The third kappa shape index (κ3) is 4.41. The summed E-state index contributed by atoms with van der Waals surface area (Å²) in [7, 11) is -3.76. The van der Waals surface area contributed by atoms with Gasteiger partial charge in [-0.1, -0.05) is 35.5 Å². The number of thiophene rings is 1. The number of sulfonamides is 1. The summed E-state index contributed by atoms with van der Waals surface area (Å²) >= 11 is 1.29. The first-order valence-electron chi connectivity index (χ1n) is 10.1. The standard InChI is InChI=1S/C21H23N3O5S2/c1-3-28-21(25)16-10-7-11-24(13-16)31(26,27)18-12-17(30-14(18)2)20-22-19(23-29-20)15-8-5-4-6-9-15/h4-6,8-9,12,16H,3,7,10-11,13H2,1-2H3/t16-/m0/s1. The van der Waals surface area contributed by atoms with Crippen LogP contribution in [0.4, 0.5) is 0 Å². The molecule has 4 rings (SSSR count). The van der Waals surface area contributed by atoms with Crippen LogP contribution in [-0.4, -0.2) is 48.5 Å². The van der Waals surface area contributed by atoms with E-state index >= 15 is 0 Å². The van der Waals surface area contributed by atoms with Gasteiger partial charge in [0.25, 0.3) is 5.89 Å². The van der Waals surface area contributed by atoms with Gasteiger partial charge in [-0.15, -0.1) is 11.3 Å². The molecule has 2 aromatic heterocycles. The number of hydrogen-bond acceptors (Lipinski definition) is 8. The van der Waals surface area contributed by atoms with Crippen LogP contribution >= 0.6 is 11.3 Å². The lowest BCUT2D eigenvalue weighted by Crippen LogP contribution is -2.42. The van der Waals surface area contributed by atoms with E-state index in [1.54, 1.807) is 19.9 Å². The van der Waals surface area contributed by atoms with Crippen LogP contribution in [0.25, 0.3) is 22.2 Å². The maximum Gasteiger partial charge on any atom is 0.310 e. The Hall–Kier alpha value is -2.56. The SMILES string of the molecule is CCOC(=O)[C@H]1CCCN(S(=O)(=O)c2cc(-c3nc(-c4ccccc4)no3)sc2C)C1. The van der Waals surface area contributed by atoms with Crippen LogP contribution in [-0.2, 0) is 19.6 Å². The number of carbonyl (C=O) groups excluding carboxylic acids is 1. The second-order valence-corrected chi connectivity index (χ2v) is 10.4. The quantitative estimate of drug-likeness (QED) is 0.515. The molecule has 8 nitrogen and oxygen atoms in total. The Balaban J connectivity index is 1.58. The molecule has 1 aliphatic heterocycles. The minimum absolute atomic E-state index is 0.129. The van der Waals surface area contributed by atoms with Crippen LogP contribution < -0.4 is 0 Å². The third-order valence-electron chi connectivity index (χ3n) is 5.16. The zero-order valence-electron chi connectivity index (χ0n) is 17.3. The first-order valence-corrected chi connectivity index (χ1v) is 12.3. The van der Waals surface area contributed by atoms with E-state index in [2.05, 4.69) is 10.1 Å². The van der Waals surface area contributed by atoms with E-state index in [9.17, 15) is 13.2 Å². The molecule has 0 amide bonds. The average molecular weight is 462 g/mol. The highest BCUT2D eigenvalue weighted by Crippen LogP contribution is 2.36.